The fourth-order valence-electron chi connectivity index (χ4n) is 3.86. The molecule has 31 heavy (non-hydrogen) atoms. The molecule has 3 unspecified atom stereocenters. The normalized spacial score (nSPS) is 20.7. The van der Waals surface area contributed by atoms with Crippen LogP contribution in [-0.4, -0.2) is 86.2 Å². The molecule has 0 saturated carbocycles. The van der Waals surface area contributed by atoms with Gasteiger partial charge < -0.3 is 19.7 Å². The van der Waals surface area contributed by atoms with E-state index in [9.17, 15) is 14.4 Å². The van der Waals surface area contributed by atoms with E-state index in [0.717, 1.165) is 25.8 Å². The SMILES string of the molecule is CCOC(=O)/C(C)=C/C(C(C)C)N(C)C(=O)C(NC(=O)C1CCCCN1C)[C@@H](C)OC. The predicted molar refractivity (Wildman–Crippen MR) is 120 cm³/mol. The van der Waals surface area contributed by atoms with Crippen molar-refractivity contribution in [3.8, 4) is 0 Å². The second-order valence-electron chi connectivity index (χ2n) is 8.67. The Hall–Kier alpha value is -1.93. The van der Waals surface area contributed by atoms with E-state index in [4.69, 9.17) is 9.47 Å². The number of ether oxygens (including phenoxy) is 2. The van der Waals surface area contributed by atoms with Crippen LogP contribution in [0.4, 0.5) is 0 Å². The van der Waals surface area contributed by atoms with Crippen molar-refractivity contribution in [1.82, 2.24) is 15.1 Å². The molecule has 2 amide bonds. The molecule has 0 aromatic carbocycles. The zero-order valence-electron chi connectivity index (χ0n) is 20.4. The monoisotopic (exact) mass is 439 g/mol. The maximum absolute atomic E-state index is 13.4. The topological polar surface area (TPSA) is 88.2 Å². The van der Waals surface area contributed by atoms with Crippen LogP contribution in [0.15, 0.2) is 11.6 Å². The molecular weight excluding hydrogens is 398 g/mol. The van der Waals surface area contributed by atoms with Gasteiger partial charge in [-0.1, -0.05) is 26.3 Å². The van der Waals surface area contributed by atoms with Gasteiger partial charge in [0.1, 0.15) is 6.04 Å². The Morgan fingerprint density at radius 3 is 2.39 bits per heavy atom. The van der Waals surface area contributed by atoms with E-state index in [-0.39, 0.29) is 29.8 Å². The second-order valence-corrected chi connectivity index (χ2v) is 8.67. The molecule has 1 N–H and O–H groups in total. The number of likely N-dealkylation sites (tertiary alicyclic amines) is 1. The molecule has 1 aliphatic rings. The number of methoxy groups -OCH3 is 1. The first kappa shape index (κ1) is 27.1. The van der Waals surface area contributed by atoms with Gasteiger partial charge in [-0.15, -0.1) is 0 Å². The summed E-state index contributed by atoms with van der Waals surface area (Å²) in [6.07, 6.45) is 4.09. The van der Waals surface area contributed by atoms with Gasteiger partial charge in [-0.05, 0) is 53.1 Å². The van der Waals surface area contributed by atoms with Crippen molar-refractivity contribution in [3.63, 3.8) is 0 Å². The smallest absolute Gasteiger partial charge is 0.333 e. The maximum atomic E-state index is 13.4. The van der Waals surface area contributed by atoms with Crippen LogP contribution >= 0.6 is 0 Å². The molecule has 0 aromatic heterocycles. The van der Waals surface area contributed by atoms with E-state index in [1.165, 1.54) is 7.11 Å². The highest BCUT2D eigenvalue weighted by Crippen LogP contribution is 2.18. The van der Waals surface area contributed by atoms with E-state index < -0.39 is 18.1 Å². The maximum Gasteiger partial charge on any atom is 0.333 e. The fourth-order valence-corrected chi connectivity index (χ4v) is 3.86. The number of rotatable bonds is 10. The third-order valence-electron chi connectivity index (χ3n) is 5.97. The van der Waals surface area contributed by atoms with Crippen LogP contribution in [0.2, 0.25) is 0 Å². The summed E-state index contributed by atoms with van der Waals surface area (Å²) in [5.74, 6) is -0.758. The molecule has 1 heterocycles. The van der Waals surface area contributed by atoms with Gasteiger partial charge >= 0.3 is 5.97 Å². The number of carbonyl (C=O) groups excluding carboxylic acids is 3. The second kappa shape index (κ2) is 12.8. The Morgan fingerprint density at radius 1 is 1.23 bits per heavy atom. The molecule has 0 aromatic rings. The Balaban J connectivity index is 3.06. The number of nitrogens with zero attached hydrogens (tertiary/aromatic N) is 2. The summed E-state index contributed by atoms with van der Waals surface area (Å²) in [6, 6.07) is -1.40. The minimum absolute atomic E-state index is 0.0528. The van der Waals surface area contributed by atoms with Crippen LogP contribution in [0.5, 0.6) is 0 Å². The highest BCUT2D eigenvalue weighted by molar-refractivity contribution is 5.91. The molecular formula is C23H41N3O5. The summed E-state index contributed by atoms with van der Waals surface area (Å²) >= 11 is 0. The van der Waals surface area contributed by atoms with Crippen molar-refractivity contribution in [2.75, 3.05) is 34.4 Å². The Morgan fingerprint density at radius 2 is 1.87 bits per heavy atom. The van der Waals surface area contributed by atoms with E-state index in [2.05, 4.69) is 5.32 Å². The van der Waals surface area contributed by atoms with Gasteiger partial charge in [-0.2, -0.15) is 0 Å². The first-order chi connectivity index (χ1) is 14.5. The zero-order valence-corrected chi connectivity index (χ0v) is 20.4. The van der Waals surface area contributed by atoms with Crippen molar-refractivity contribution in [2.45, 2.75) is 78.1 Å². The average molecular weight is 440 g/mol. The zero-order chi connectivity index (χ0) is 23.7. The van der Waals surface area contributed by atoms with Crippen LogP contribution in [0.25, 0.3) is 0 Å². The summed E-state index contributed by atoms with van der Waals surface area (Å²) in [4.78, 5) is 42.1. The molecule has 8 heteroatoms. The van der Waals surface area contributed by atoms with Gasteiger partial charge in [0.15, 0.2) is 0 Å². The summed E-state index contributed by atoms with van der Waals surface area (Å²) < 4.78 is 10.5. The number of hydrogen-bond acceptors (Lipinski definition) is 6. The molecule has 1 aliphatic heterocycles. The lowest BCUT2D eigenvalue weighted by atomic mass is 9.98. The Kier molecular flexibility index (Phi) is 11.2. The van der Waals surface area contributed by atoms with Crippen LogP contribution in [-0.2, 0) is 23.9 Å². The van der Waals surface area contributed by atoms with E-state index in [1.54, 1.807) is 38.8 Å². The van der Waals surface area contributed by atoms with Crippen molar-refractivity contribution in [1.29, 1.82) is 0 Å². The minimum Gasteiger partial charge on any atom is -0.463 e. The Bertz CT molecular complexity index is 649. The predicted octanol–water partition coefficient (Wildman–Crippen LogP) is 1.98. The number of amides is 2. The molecule has 1 fully saturated rings. The third-order valence-corrected chi connectivity index (χ3v) is 5.97. The van der Waals surface area contributed by atoms with E-state index in [0.29, 0.717) is 12.2 Å². The average Bonchev–Trinajstić information content (AvgIpc) is 2.74. The van der Waals surface area contributed by atoms with Crippen LogP contribution in [0.1, 0.15) is 53.9 Å². The molecule has 0 aliphatic carbocycles. The van der Waals surface area contributed by atoms with Crippen LogP contribution < -0.4 is 5.32 Å². The van der Waals surface area contributed by atoms with E-state index in [1.807, 2.05) is 25.8 Å². The molecule has 1 saturated heterocycles. The summed E-state index contributed by atoms with van der Waals surface area (Å²) in [7, 11) is 5.15. The van der Waals surface area contributed by atoms with Gasteiger partial charge in [0.25, 0.3) is 0 Å². The summed E-state index contributed by atoms with van der Waals surface area (Å²) in [5.41, 5.74) is 0.449. The van der Waals surface area contributed by atoms with Crippen LogP contribution in [0.3, 0.4) is 0 Å². The molecule has 8 nitrogen and oxygen atoms in total. The molecule has 4 atom stereocenters. The fraction of sp³-hybridized carbons (Fsp3) is 0.783. The first-order valence-corrected chi connectivity index (χ1v) is 11.2. The molecule has 178 valence electrons. The lowest BCUT2D eigenvalue weighted by Crippen LogP contribution is -2.59. The van der Waals surface area contributed by atoms with Crippen molar-refractivity contribution < 1.29 is 23.9 Å². The number of esters is 1. The lowest BCUT2D eigenvalue weighted by Gasteiger charge is -2.36. The highest BCUT2D eigenvalue weighted by Gasteiger charge is 2.35. The molecule has 1 rings (SSSR count). The van der Waals surface area contributed by atoms with Gasteiger partial charge in [0.05, 0.1) is 24.8 Å². The van der Waals surface area contributed by atoms with Crippen molar-refractivity contribution in [2.24, 2.45) is 5.92 Å². The first-order valence-electron chi connectivity index (χ1n) is 11.2. The lowest BCUT2D eigenvalue weighted by molar-refractivity contribution is -0.142. The van der Waals surface area contributed by atoms with Crippen molar-refractivity contribution in [3.05, 3.63) is 11.6 Å². The molecule has 0 radical (unpaired) electrons. The number of likely N-dealkylation sites (N-methyl/N-ethyl adjacent to an activating group) is 2. The van der Waals surface area contributed by atoms with Gasteiger partial charge in [-0.3, -0.25) is 14.5 Å². The van der Waals surface area contributed by atoms with Gasteiger partial charge in [-0.25, -0.2) is 4.79 Å². The molecule has 0 bridgehead atoms. The number of carbonyl (C=O) groups is 3. The van der Waals surface area contributed by atoms with Crippen molar-refractivity contribution >= 4 is 17.8 Å². The highest BCUT2D eigenvalue weighted by atomic mass is 16.5. The van der Waals surface area contributed by atoms with Crippen LogP contribution in [0, 0.1) is 5.92 Å². The standard InChI is InChI=1S/C23H41N3O5/c1-9-31-23(29)16(4)14-19(15(2)3)26(7)22(28)20(17(5)30-8)24-21(27)18-12-10-11-13-25(18)6/h14-15,17-20H,9-13H2,1-8H3,(H,24,27)/b16-14+/t17-,18?,19?,20?/m1/s1. The molecule has 0 spiro atoms. The Labute approximate surface area is 187 Å². The minimum atomic E-state index is -0.824. The number of hydrogen-bond donors (Lipinski definition) is 1. The number of piperidine rings is 1. The summed E-state index contributed by atoms with van der Waals surface area (Å²) in [6.45, 7) is 10.3. The van der Waals surface area contributed by atoms with Gasteiger partial charge in [0, 0.05) is 19.7 Å². The quantitative estimate of drug-likeness (QED) is 0.414. The van der Waals surface area contributed by atoms with Gasteiger partial charge in [0.2, 0.25) is 11.8 Å². The number of nitrogens with one attached hydrogen (secondary N) is 1. The third kappa shape index (κ3) is 7.61. The largest absolute Gasteiger partial charge is 0.463 e. The summed E-state index contributed by atoms with van der Waals surface area (Å²) in [5, 5.41) is 2.93. The van der Waals surface area contributed by atoms with E-state index >= 15 is 0 Å².